The normalized spacial score (nSPS) is 11.7. The van der Waals surface area contributed by atoms with Crippen LogP contribution < -0.4 is 10.6 Å². The highest BCUT2D eigenvalue weighted by atomic mass is 16.3. The Morgan fingerprint density at radius 2 is 1.76 bits per heavy atom. The molecule has 0 saturated carbocycles. The Balaban J connectivity index is 1.75. The van der Waals surface area contributed by atoms with E-state index >= 15 is 0 Å². The summed E-state index contributed by atoms with van der Waals surface area (Å²) in [5, 5.41) is 14.9. The number of nitrogens with one attached hydrogen (secondary N) is 2. The maximum absolute atomic E-state index is 11.8. The van der Waals surface area contributed by atoms with Crippen molar-refractivity contribution in [3.05, 3.63) is 60.2 Å². The van der Waals surface area contributed by atoms with Crippen LogP contribution in [-0.4, -0.2) is 17.2 Å². The van der Waals surface area contributed by atoms with Gasteiger partial charge in [-0.05, 0) is 49.6 Å². The van der Waals surface area contributed by atoms with Crippen molar-refractivity contribution in [2.24, 2.45) is 0 Å². The van der Waals surface area contributed by atoms with E-state index in [4.69, 9.17) is 0 Å². The van der Waals surface area contributed by atoms with E-state index < -0.39 is 0 Å². The fraction of sp³-hybridized carbons (Fsp3) is 0.235. The summed E-state index contributed by atoms with van der Waals surface area (Å²) in [6.45, 7) is 1.98. The van der Waals surface area contributed by atoms with Crippen molar-refractivity contribution < 1.29 is 9.90 Å². The van der Waals surface area contributed by atoms with E-state index in [1.165, 1.54) is 0 Å². The quantitative estimate of drug-likeness (QED) is 0.786. The number of amides is 2. The van der Waals surface area contributed by atoms with Gasteiger partial charge < -0.3 is 15.7 Å². The first-order chi connectivity index (χ1) is 10.1. The molecule has 0 aliphatic rings. The maximum atomic E-state index is 11.8. The number of phenolic OH excluding ortho intramolecular Hbond substituents is 1. The number of urea groups is 1. The Bertz CT molecular complexity index is 567. The molecule has 4 heteroatoms. The van der Waals surface area contributed by atoms with E-state index in [-0.39, 0.29) is 17.8 Å². The molecule has 0 fully saturated rings. The minimum absolute atomic E-state index is 0.0718. The van der Waals surface area contributed by atoms with Gasteiger partial charge in [0.15, 0.2) is 0 Å². The zero-order valence-electron chi connectivity index (χ0n) is 12.0. The Morgan fingerprint density at radius 3 is 2.43 bits per heavy atom. The van der Waals surface area contributed by atoms with Crippen LogP contribution in [0.25, 0.3) is 0 Å². The third-order valence-electron chi connectivity index (χ3n) is 3.21. The summed E-state index contributed by atoms with van der Waals surface area (Å²) in [6.07, 6.45) is 1.69. The van der Waals surface area contributed by atoms with Crippen LogP contribution in [0, 0.1) is 0 Å². The van der Waals surface area contributed by atoms with Crippen molar-refractivity contribution in [1.82, 2.24) is 5.32 Å². The molecule has 0 spiro atoms. The molecule has 0 aromatic heterocycles. The van der Waals surface area contributed by atoms with E-state index in [9.17, 15) is 9.90 Å². The molecule has 2 rings (SSSR count). The summed E-state index contributed by atoms with van der Waals surface area (Å²) < 4.78 is 0. The van der Waals surface area contributed by atoms with E-state index in [2.05, 4.69) is 10.6 Å². The lowest BCUT2D eigenvalue weighted by molar-refractivity contribution is 0.248. The standard InChI is InChI=1S/C17H20N2O2/c1-13(7-8-14-9-11-16(20)12-10-14)18-17(21)19-15-5-3-2-4-6-15/h2-6,9-13,20H,7-8H2,1H3,(H2,18,19,21). The summed E-state index contributed by atoms with van der Waals surface area (Å²) in [4.78, 5) is 11.8. The number of aryl methyl sites for hydroxylation is 1. The van der Waals surface area contributed by atoms with Crippen molar-refractivity contribution in [1.29, 1.82) is 0 Å². The van der Waals surface area contributed by atoms with Gasteiger partial charge in [0.2, 0.25) is 0 Å². The van der Waals surface area contributed by atoms with Gasteiger partial charge in [0.25, 0.3) is 0 Å². The lowest BCUT2D eigenvalue weighted by atomic mass is 10.1. The van der Waals surface area contributed by atoms with Gasteiger partial charge in [-0.15, -0.1) is 0 Å². The summed E-state index contributed by atoms with van der Waals surface area (Å²) in [5.41, 5.74) is 1.92. The lowest BCUT2D eigenvalue weighted by Crippen LogP contribution is -2.36. The highest BCUT2D eigenvalue weighted by Gasteiger charge is 2.07. The van der Waals surface area contributed by atoms with Gasteiger partial charge in [-0.3, -0.25) is 0 Å². The molecule has 4 nitrogen and oxygen atoms in total. The lowest BCUT2D eigenvalue weighted by Gasteiger charge is -2.14. The van der Waals surface area contributed by atoms with Gasteiger partial charge in [0, 0.05) is 11.7 Å². The van der Waals surface area contributed by atoms with Gasteiger partial charge in [0.1, 0.15) is 5.75 Å². The third kappa shape index (κ3) is 5.18. The molecule has 0 radical (unpaired) electrons. The topological polar surface area (TPSA) is 61.4 Å². The molecular weight excluding hydrogens is 264 g/mol. The van der Waals surface area contributed by atoms with E-state index in [0.29, 0.717) is 0 Å². The SMILES string of the molecule is CC(CCc1ccc(O)cc1)NC(=O)Nc1ccccc1. The minimum atomic E-state index is -0.195. The van der Waals surface area contributed by atoms with Crippen LogP contribution in [0.5, 0.6) is 5.75 Å². The van der Waals surface area contributed by atoms with Crippen LogP contribution in [0.4, 0.5) is 10.5 Å². The summed E-state index contributed by atoms with van der Waals surface area (Å²) in [6, 6.07) is 16.4. The van der Waals surface area contributed by atoms with Crippen LogP contribution in [0.15, 0.2) is 54.6 Å². The molecule has 0 bridgehead atoms. The Hall–Kier alpha value is -2.49. The van der Waals surface area contributed by atoms with Crippen LogP contribution in [0.3, 0.4) is 0 Å². The first kappa shape index (κ1) is 14.9. The number of hydrogen-bond acceptors (Lipinski definition) is 2. The molecule has 2 amide bonds. The molecule has 2 aromatic rings. The second-order valence-electron chi connectivity index (χ2n) is 5.07. The van der Waals surface area contributed by atoms with Crippen molar-refractivity contribution in [3.63, 3.8) is 0 Å². The molecule has 0 saturated heterocycles. The average Bonchev–Trinajstić information content (AvgIpc) is 2.47. The number of carbonyl (C=O) groups is 1. The number of aromatic hydroxyl groups is 1. The van der Waals surface area contributed by atoms with E-state index in [1.807, 2.05) is 49.4 Å². The molecule has 1 atom stereocenters. The fourth-order valence-corrected chi connectivity index (χ4v) is 2.03. The molecule has 110 valence electrons. The molecule has 0 aliphatic carbocycles. The number of phenols is 1. The van der Waals surface area contributed by atoms with Gasteiger partial charge in [0.05, 0.1) is 0 Å². The van der Waals surface area contributed by atoms with Crippen molar-refractivity contribution in [2.75, 3.05) is 5.32 Å². The fourth-order valence-electron chi connectivity index (χ4n) is 2.03. The van der Waals surface area contributed by atoms with Crippen molar-refractivity contribution in [3.8, 4) is 5.75 Å². The Labute approximate surface area is 124 Å². The third-order valence-corrected chi connectivity index (χ3v) is 3.21. The van der Waals surface area contributed by atoms with Crippen LogP contribution >= 0.6 is 0 Å². The zero-order chi connectivity index (χ0) is 15.1. The number of para-hydroxylation sites is 1. The molecule has 1 unspecified atom stereocenters. The minimum Gasteiger partial charge on any atom is -0.508 e. The average molecular weight is 284 g/mol. The number of hydrogen-bond donors (Lipinski definition) is 3. The summed E-state index contributed by atoms with van der Waals surface area (Å²) in [5.74, 6) is 0.271. The smallest absolute Gasteiger partial charge is 0.319 e. The molecule has 0 heterocycles. The first-order valence-corrected chi connectivity index (χ1v) is 7.04. The van der Waals surface area contributed by atoms with Gasteiger partial charge in [-0.2, -0.15) is 0 Å². The number of carbonyl (C=O) groups excluding carboxylic acids is 1. The highest BCUT2D eigenvalue weighted by molar-refractivity contribution is 5.89. The number of benzene rings is 2. The maximum Gasteiger partial charge on any atom is 0.319 e. The Kier molecular flexibility index (Phi) is 5.21. The van der Waals surface area contributed by atoms with Gasteiger partial charge >= 0.3 is 6.03 Å². The van der Waals surface area contributed by atoms with Gasteiger partial charge in [-0.25, -0.2) is 4.79 Å². The number of rotatable bonds is 5. The van der Waals surface area contributed by atoms with E-state index in [0.717, 1.165) is 24.1 Å². The van der Waals surface area contributed by atoms with Crippen LogP contribution in [0.2, 0.25) is 0 Å². The van der Waals surface area contributed by atoms with Crippen LogP contribution in [0.1, 0.15) is 18.9 Å². The molecule has 3 N–H and O–H groups in total. The monoisotopic (exact) mass is 284 g/mol. The largest absolute Gasteiger partial charge is 0.508 e. The molecule has 0 aliphatic heterocycles. The Morgan fingerprint density at radius 1 is 1.10 bits per heavy atom. The van der Waals surface area contributed by atoms with Crippen LogP contribution in [-0.2, 0) is 6.42 Å². The molecule has 21 heavy (non-hydrogen) atoms. The van der Waals surface area contributed by atoms with Gasteiger partial charge in [-0.1, -0.05) is 30.3 Å². The molecular formula is C17H20N2O2. The predicted octanol–water partition coefficient (Wildman–Crippen LogP) is 3.54. The first-order valence-electron chi connectivity index (χ1n) is 7.04. The highest BCUT2D eigenvalue weighted by Crippen LogP contribution is 2.12. The predicted molar refractivity (Wildman–Crippen MR) is 84.5 cm³/mol. The second kappa shape index (κ2) is 7.33. The molecule has 2 aromatic carbocycles. The number of anilines is 1. The van der Waals surface area contributed by atoms with E-state index in [1.54, 1.807) is 12.1 Å². The zero-order valence-corrected chi connectivity index (χ0v) is 12.0. The van der Waals surface area contributed by atoms with Crippen molar-refractivity contribution >= 4 is 11.7 Å². The summed E-state index contributed by atoms with van der Waals surface area (Å²) >= 11 is 0. The van der Waals surface area contributed by atoms with Crippen molar-refractivity contribution in [2.45, 2.75) is 25.8 Å². The summed E-state index contributed by atoms with van der Waals surface area (Å²) in [7, 11) is 0. The second-order valence-corrected chi connectivity index (χ2v) is 5.07.